The minimum Gasteiger partial charge on any atom is -0.283 e. The smallest absolute Gasteiger partial charge is 0.0646 e. The van der Waals surface area contributed by atoms with Gasteiger partial charge in [-0.1, -0.05) is 36.4 Å². The Morgan fingerprint density at radius 3 is 1.31 bits per heavy atom. The van der Waals surface area contributed by atoms with Crippen LogP contribution in [0.1, 0.15) is 0 Å². The van der Waals surface area contributed by atoms with E-state index in [2.05, 4.69) is 63.1 Å². The van der Waals surface area contributed by atoms with Crippen LogP contribution in [0, 0.1) is 12.8 Å². The quantitative estimate of drug-likeness (QED) is 0.449. The average Bonchev–Trinajstić information content (AvgIpc) is 2.42. The maximum Gasteiger partial charge on any atom is 0.0646 e. The van der Waals surface area contributed by atoms with Crippen LogP contribution < -0.4 is 3.11 Å². The number of anilines is 2. The first-order chi connectivity index (χ1) is 7.88. The zero-order chi connectivity index (χ0) is 11.8. The number of hydrogen-bond acceptors (Lipinski definition) is 1. The van der Waals surface area contributed by atoms with E-state index in [1.807, 2.05) is 36.4 Å². The first kappa shape index (κ1) is 12.6. The van der Waals surface area contributed by atoms with Gasteiger partial charge in [-0.15, -0.1) is 12.8 Å². The Kier molecular flexibility index (Phi) is 5.44. The van der Waals surface area contributed by atoms with Gasteiger partial charge >= 0.3 is 0 Å². The summed E-state index contributed by atoms with van der Waals surface area (Å²) in [4.78, 5) is 0. The van der Waals surface area contributed by atoms with Gasteiger partial charge in [0.05, 0.1) is 34.2 Å². The van der Waals surface area contributed by atoms with E-state index in [4.69, 9.17) is 0 Å². The Balaban J connectivity index is 0.000000606. The Hall–Kier alpha value is -1.47. The molecule has 0 saturated carbocycles. The number of terminal acetylenes is 1. The summed E-state index contributed by atoms with van der Waals surface area (Å²) in [6.07, 6.45) is 8.00. The highest BCUT2D eigenvalue weighted by molar-refractivity contribution is 14.1. The van der Waals surface area contributed by atoms with Gasteiger partial charge in [-0.3, -0.25) is 3.11 Å². The molecule has 0 aliphatic heterocycles. The molecular weight excluding hydrogens is 309 g/mol. The third-order valence-electron chi connectivity index (χ3n) is 1.97. The molecule has 0 heterocycles. The molecule has 1 nitrogen and oxygen atoms in total. The molecule has 0 atom stereocenters. The Morgan fingerprint density at radius 2 is 1.00 bits per heavy atom. The fourth-order valence-corrected chi connectivity index (χ4v) is 1.91. The topological polar surface area (TPSA) is 3.24 Å². The number of hydrogen-bond donors (Lipinski definition) is 0. The van der Waals surface area contributed by atoms with Crippen molar-refractivity contribution >= 4 is 34.2 Å². The zero-order valence-electron chi connectivity index (χ0n) is 8.75. The van der Waals surface area contributed by atoms with Crippen LogP contribution in [0.4, 0.5) is 11.4 Å². The van der Waals surface area contributed by atoms with E-state index in [0.717, 1.165) is 0 Å². The van der Waals surface area contributed by atoms with E-state index in [1.165, 1.54) is 11.4 Å². The number of halogens is 1. The molecule has 0 spiro atoms. The van der Waals surface area contributed by atoms with Crippen LogP contribution in [0.15, 0.2) is 60.7 Å². The number of benzene rings is 2. The molecule has 0 aliphatic rings. The minimum atomic E-state index is 1.19. The van der Waals surface area contributed by atoms with Gasteiger partial charge in [0.1, 0.15) is 0 Å². The van der Waals surface area contributed by atoms with E-state index >= 15 is 0 Å². The van der Waals surface area contributed by atoms with E-state index in [-0.39, 0.29) is 0 Å². The maximum absolute atomic E-state index is 4.00. The maximum atomic E-state index is 4.00. The summed E-state index contributed by atoms with van der Waals surface area (Å²) in [7, 11) is 0. The van der Waals surface area contributed by atoms with Gasteiger partial charge in [-0.2, -0.15) is 0 Å². The fraction of sp³-hybridized carbons (Fsp3) is 0. The van der Waals surface area contributed by atoms with E-state index in [9.17, 15) is 0 Å². The molecule has 0 aromatic heterocycles. The van der Waals surface area contributed by atoms with Gasteiger partial charge < -0.3 is 0 Å². The molecule has 0 bridgehead atoms. The molecule has 0 fully saturated rings. The van der Waals surface area contributed by atoms with Gasteiger partial charge in [0, 0.05) is 0 Å². The Labute approximate surface area is 111 Å². The SMILES string of the molecule is C#C.IN(c1ccccc1)c1ccccc1. The van der Waals surface area contributed by atoms with Crippen LogP contribution >= 0.6 is 22.9 Å². The molecule has 2 aromatic rings. The number of rotatable bonds is 2. The van der Waals surface area contributed by atoms with Crippen molar-refractivity contribution in [2.75, 3.05) is 3.11 Å². The van der Waals surface area contributed by atoms with Gasteiger partial charge in [0.2, 0.25) is 0 Å². The molecular formula is C14H12IN. The largest absolute Gasteiger partial charge is 0.283 e. The second kappa shape index (κ2) is 6.91. The van der Waals surface area contributed by atoms with Gasteiger partial charge in [-0.05, 0) is 24.3 Å². The lowest BCUT2D eigenvalue weighted by molar-refractivity contribution is 1.47. The monoisotopic (exact) mass is 321 g/mol. The third-order valence-corrected chi connectivity index (χ3v) is 3.08. The number of para-hydroxylation sites is 2. The van der Waals surface area contributed by atoms with Crippen molar-refractivity contribution in [2.45, 2.75) is 0 Å². The summed E-state index contributed by atoms with van der Waals surface area (Å²) < 4.78 is 2.14. The van der Waals surface area contributed by atoms with Crippen molar-refractivity contribution in [3.05, 3.63) is 60.7 Å². The van der Waals surface area contributed by atoms with E-state index in [0.29, 0.717) is 0 Å². The molecule has 0 aliphatic carbocycles. The first-order valence-electron chi connectivity index (χ1n) is 4.77. The molecule has 2 rings (SSSR count). The van der Waals surface area contributed by atoms with Crippen LogP contribution in [0.2, 0.25) is 0 Å². The normalized spacial score (nSPS) is 8.69. The van der Waals surface area contributed by atoms with Gasteiger partial charge in [0.15, 0.2) is 0 Å². The zero-order valence-corrected chi connectivity index (χ0v) is 10.9. The summed E-state index contributed by atoms with van der Waals surface area (Å²) in [5, 5.41) is 0. The summed E-state index contributed by atoms with van der Waals surface area (Å²) in [5.41, 5.74) is 2.39. The molecule has 80 valence electrons. The summed E-state index contributed by atoms with van der Waals surface area (Å²) in [6, 6.07) is 20.6. The molecule has 0 radical (unpaired) electrons. The van der Waals surface area contributed by atoms with Crippen molar-refractivity contribution in [3.8, 4) is 12.8 Å². The molecule has 0 N–H and O–H groups in total. The first-order valence-corrected chi connectivity index (χ1v) is 5.74. The lowest BCUT2D eigenvalue weighted by atomic mass is 10.3. The molecule has 2 aromatic carbocycles. The second-order valence-electron chi connectivity index (χ2n) is 2.95. The lowest BCUT2D eigenvalue weighted by Gasteiger charge is -2.16. The fourth-order valence-electron chi connectivity index (χ4n) is 1.27. The Morgan fingerprint density at radius 1 is 0.688 bits per heavy atom. The minimum absolute atomic E-state index is 1.19. The van der Waals surface area contributed by atoms with Crippen LogP contribution in [0.25, 0.3) is 0 Å². The van der Waals surface area contributed by atoms with E-state index < -0.39 is 0 Å². The molecule has 16 heavy (non-hydrogen) atoms. The predicted octanol–water partition coefficient (Wildman–Crippen LogP) is 4.42. The van der Waals surface area contributed by atoms with Crippen molar-refractivity contribution in [1.29, 1.82) is 0 Å². The van der Waals surface area contributed by atoms with Crippen molar-refractivity contribution < 1.29 is 0 Å². The highest BCUT2D eigenvalue weighted by Crippen LogP contribution is 2.28. The van der Waals surface area contributed by atoms with Crippen LogP contribution in [0.5, 0.6) is 0 Å². The highest BCUT2D eigenvalue weighted by Gasteiger charge is 2.02. The van der Waals surface area contributed by atoms with Crippen molar-refractivity contribution in [2.24, 2.45) is 0 Å². The molecule has 0 saturated heterocycles. The van der Waals surface area contributed by atoms with Crippen LogP contribution in [-0.2, 0) is 0 Å². The lowest BCUT2D eigenvalue weighted by Crippen LogP contribution is -1.99. The molecule has 0 unspecified atom stereocenters. The van der Waals surface area contributed by atoms with Crippen molar-refractivity contribution in [1.82, 2.24) is 0 Å². The molecule has 0 amide bonds. The van der Waals surface area contributed by atoms with Crippen LogP contribution in [0.3, 0.4) is 0 Å². The summed E-state index contributed by atoms with van der Waals surface area (Å²) in [6.45, 7) is 0. The predicted molar refractivity (Wildman–Crippen MR) is 78.9 cm³/mol. The van der Waals surface area contributed by atoms with Crippen molar-refractivity contribution in [3.63, 3.8) is 0 Å². The molecule has 2 heteroatoms. The second-order valence-corrected chi connectivity index (χ2v) is 3.92. The summed E-state index contributed by atoms with van der Waals surface area (Å²) in [5.74, 6) is 0. The Bertz CT molecular complexity index is 383. The standard InChI is InChI=1S/C12H10IN.C2H2/c13-14(11-7-3-1-4-8-11)12-9-5-2-6-10-12;1-2/h1-10H;1-2H. The average molecular weight is 321 g/mol. The number of nitrogens with zero attached hydrogens (tertiary/aromatic N) is 1. The van der Waals surface area contributed by atoms with E-state index in [1.54, 1.807) is 0 Å². The van der Waals surface area contributed by atoms with Gasteiger partial charge in [0.25, 0.3) is 0 Å². The third kappa shape index (κ3) is 3.28. The van der Waals surface area contributed by atoms with Crippen LogP contribution in [-0.4, -0.2) is 0 Å². The summed E-state index contributed by atoms with van der Waals surface area (Å²) >= 11 is 2.31. The van der Waals surface area contributed by atoms with Gasteiger partial charge in [-0.25, -0.2) is 0 Å². The highest BCUT2D eigenvalue weighted by atomic mass is 127.